The molecule has 6 nitrogen and oxygen atoms in total. The van der Waals surface area contributed by atoms with Crippen LogP contribution in [0, 0.1) is 0 Å². The summed E-state index contributed by atoms with van der Waals surface area (Å²) >= 11 is 0. The molecule has 1 N–H and O–H groups in total. The van der Waals surface area contributed by atoms with Gasteiger partial charge in [-0.25, -0.2) is 0 Å². The van der Waals surface area contributed by atoms with Crippen LogP contribution in [-0.2, 0) is 4.79 Å². The molecule has 0 aliphatic heterocycles. The largest absolute Gasteiger partial charge is 0.493 e. The number of carbonyl (C=O) groups excluding carboxylic acids is 2. The molecule has 0 unspecified atom stereocenters. The molecule has 1 aromatic carbocycles. The fourth-order valence-corrected chi connectivity index (χ4v) is 2.18. The number of rotatable bonds is 6. The van der Waals surface area contributed by atoms with E-state index in [1.165, 1.54) is 19.1 Å². The molecule has 0 aliphatic carbocycles. The first-order valence-electron chi connectivity index (χ1n) is 7.54. The molecule has 0 aliphatic rings. The van der Waals surface area contributed by atoms with E-state index in [-0.39, 0.29) is 23.9 Å². The first kappa shape index (κ1) is 18.8. The number of ether oxygens (including phenoxy) is 2. The summed E-state index contributed by atoms with van der Waals surface area (Å²) in [4.78, 5) is 26.3. The monoisotopic (exact) mass is 322 g/mol. The number of hydrogen-bond acceptors (Lipinski definition) is 4. The van der Waals surface area contributed by atoms with Gasteiger partial charge in [0.2, 0.25) is 5.91 Å². The predicted molar refractivity (Wildman–Crippen MR) is 89.0 cm³/mol. The third kappa shape index (κ3) is 5.16. The standard InChI is InChI=1S/C17H26N2O4/c1-7-19(11-14(20)18-17(2,3)4)16(21)12-9-8-10-13(22-5)15(12)23-6/h8-10H,7,11H2,1-6H3,(H,18,20). The molecule has 0 aromatic heterocycles. The molecule has 6 heteroatoms. The zero-order valence-corrected chi connectivity index (χ0v) is 14.7. The Bertz CT molecular complexity index is 564. The van der Waals surface area contributed by atoms with Crippen LogP contribution < -0.4 is 14.8 Å². The maximum atomic E-state index is 12.7. The van der Waals surface area contributed by atoms with Gasteiger partial charge in [-0.3, -0.25) is 9.59 Å². The third-order valence-electron chi connectivity index (χ3n) is 3.15. The first-order chi connectivity index (χ1) is 10.7. The van der Waals surface area contributed by atoms with Gasteiger partial charge in [-0.15, -0.1) is 0 Å². The van der Waals surface area contributed by atoms with E-state index in [2.05, 4.69) is 5.32 Å². The molecular weight excluding hydrogens is 296 g/mol. The van der Waals surface area contributed by atoms with Gasteiger partial charge in [0, 0.05) is 12.1 Å². The maximum Gasteiger partial charge on any atom is 0.258 e. The summed E-state index contributed by atoms with van der Waals surface area (Å²) in [7, 11) is 3.00. The predicted octanol–water partition coefficient (Wildman–Crippen LogP) is 2.08. The summed E-state index contributed by atoms with van der Waals surface area (Å²) in [5, 5.41) is 2.85. The summed E-state index contributed by atoms with van der Waals surface area (Å²) in [5.41, 5.74) is 0.0324. The Labute approximate surface area is 137 Å². The lowest BCUT2D eigenvalue weighted by Gasteiger charge is -2.25. The highest BCUT2D eigenvalue weighted by Gasteiger charge is 2.24. The molecule has 0 fully saturated rings. The van der Waals surface area contributed by atoms with E-state index < -0.39 is 0 Å². The molecule has 128 valence electrons. The molecule has 1 rings (SSSR count). The number of nitrogens with one attached hydrogen (secondary N) is 1. The normalized spacial score (nSPS) is 10.9. The molecule has 0 bridgehead atoms. The van der Waals surface area contributed by atoms with Crippen molar-refractivity contribution in [2.24, 2.45) is 0 Å². The minimum Gasteiger partial charge on any atom is -0.493 e. The number of methoxy groups -OCH3 is 2. The minimum absolute atomic E-state index is 0.00698. The molecule has 0 atom stereocenters. The van der Waals surface area contributed by atoms with Gasteiger partial charge >= 0.3 is 0 Å². The number of hydrogen-bond donors (Lipinski definition) is 1. The second-order valence-corrected chi connectivity index (χ2v) is 6.16. The van der Waals surface area contributed by atoms with Crippen LogP contribution in [0.1, 0.15) is 38.1 Å². The number of nitrogens with zero attached hydrogens (tertiary/aromatic N) is 1. The fraction of sp³-hybridized carbons (Fsp3) is 0.529. The number of para-hydroxylation sites is 1. The van der Waals surface area contributed by atoms with Gasteiger partial charge in [0.25, 0.3) is 5.91 Å². The zero-order chi connectivity index (χ0) is 17.6. The molecule has 23 heavy (non-hydrogen) atoms. The highest BCUT2D eigenvalue weighted by molar-refractivity contribution is 5.99. The van der Waals surface area contributed by atoms with Crippen molar-refractivity contribution in [1.29, 1.82) is 0 Å². The second kappa shape index (κ2) is 7.85. The molecule has 0 saturated heterocycles. The van der Waals surface area contributed by atoms with E-state index >= 15 is 0 Å². The lowest BCUT2D eigenvalue weighted by Crippen LogP contribution is -2.47. The van der Waals surface area contributed by atoms with Crippen molar-refractivity contribution in [3.63, 3.8) is 0 Å². The summed E-state index contributed by atoms with van der Waals surface area (Å²) in [6.45, 7) is 7.93. The Kier molecular flexibility index (Phi) is 6.42. The lowest BCUT2D eigenvalue weighted by atomic mass is 10.1. The van der Waals surface area contributed by atoms with Crippen molar-refractivity contribution in [2.45, 2.75) is 33.2 Å². The minimum atomic E-state index is -0.340. The van der Waals surface area contributed by atoms with Crippen LogP contribution in [0.4, 0.5) is 0 Å². The van der Waals surface area contributed by atoms with Gasteiger partial charge in [0.15, 0.2) is 11.5 Å². The van der Waals surface area contributed by atoms with E-state index in [1.807, 2.05) is 27.7 Å². The maximum absolute atomic E-state index is 12.7. The SMILES string of the molecule is CCN(CC(=O)NC(C)(C)C)C(=O)c1cccc(OC)c1OC. The number of likely N-dealkylation sites (N-methyl/N-ethyl adjacent to an activating group) is 1. The summed E-state index contributed by atoms with van der Waals surface area (Å²) in [6.07, 6.45) is 0. The van der Waals surface area contributed by atoms with Crippen LogP contribution in [0.2, 0.25) is 0 Å². The van der Waals surface area contributed by atoms with Crippen LogP contribution in [0.5, 0.6) is 11.5 Å². The van der Waals surface area contributed by atoms with E-state index in [0.717, 1.165) is 0 Å². The van der Waals surface area contributed by atoms with Gasteiger partial charge in [-0.05, 0) is 39.8 Å². The summed E-state index contributed by atoms with van der Waals surface area (Å²) in [6, 6.07) is 5.10. The topological polar surface area (TPSA) is 67.9 Å². The van der Waals surface area contributed by atoms with Crippen LogP contribution in [0.15, 0.2) is 18.2 Å². The molecule has 0 radical (unpaired) electrons. The highest BCUT2D eigenvalue weighted by atomic mass is 16.5. The Morgan fingerprint density at radius 1 is 1.17 bits per heavy atom. The first-order valence-corrected chi connectivity index (χ1v) is 7.54. The van der Waals surface area contributed by atoms with Gasteiger partial charge < -0.3 is 19.7 Å². The van der Waals surface area contributed by atoms with Crippen molar-refractivity contribution in [1.82, 2.24) is 10.2 Å². The van der Waals surface area contributed by atoms with Crippen LogP contribution >= 0.6 is 0 Å². The van der Waals surface area contributed by atoms with Gasteiger partial charge in [0.1, 0.15) is 0 Å². The Morgan fingerprint density at radius 3 is 2.30 bits per heavy atom. The molecule has 0 saturated carbocycles. The molecular formula is C17H26N2O4. The Hall–Kier alpha value is -2.24. The molecule has 1 aromatic rings. The van der Waals surface area contributed by atoms with E-state index in [9.17, 15) is 9.59 Å². The van der Waals surface area contributed by atoms with E-state index in [0.29, 0.717) is 23.6 Å². The zero-order valence-electron chi connectivity index (χ0n) is 14.7. The van der Waals surface area contributed by atoms with Crippen molar-refractivity contribution < 1.29 is 19.1 Å². The average molecular weight is 322 g/mol. The van der Waals surface area contributed by atoms with Crippen LogP contribution in [0.3, 0.4) is 0 Å². The van der Waals surface area contributed by atoms with E-state index in [1.54, 1.807) is 18.2 Å². The number of benzene rings is 1. The average Bonchev–Trinajstić information content (AvgIpc) is 2.49. The van der Waals surface area contributed by atoms with Crippen molar-refractivity contribution in [2.75, 3.05) is 27.3 Å². The van der Waals surface area contributed by atoms with Gasteiger partial charge in [0.05, 0.1) is 26.3 Å². The Balaban J connectivity index is 2.99. The Morgan fingerprint density at radius 2 is 1.83 bits per heavy atom. The quantitative estimate of drug-likeness (QED) is 0.871. The molecule has 0 heterocycles. The molecule has 2 amide bonds. The third-order valence-corrected chi connectivity index (χ3v) is 3.15. The summed E-state index contributed by atoms with van der Waals surface area (Å²) in [5.74, 6) is 0.380. The van der Waals surface area contributed by atoms with Crippen molar-refractivity contribution in [3.05, 3.63) is 23.8 Å². The number of amides is 2. The molecule has 0 spiro atoms. The van der Waals surface area contributed by atoms with E-state index in [4.69, 9.17) is 9.47 Å². The number of carbonyl (C=O) groups is 2. The van der Waals surface area contributed by atoms with Crippen LogP contribution in [-0.4, -0.2) is 49.6 Å². The fourth-order valence-electron chi connectivity index (χ4n) is 2.18. The van der Waals surface area contributed by atoms with Crippen molar-refractivity contribution >= 4 is 11.8 Å². The van der Waals surface area contributed by atoms with Crippen LogP contribution in [0.25, 0.3) is 0 Å². The second-order valence-electron chi connectivity index (χ2n) is 6.16. The summed E-state index contributed by atoms with van der Waals surface area (Å²) < 4.78 is 10.5. The lowest BCUT2D eigenvalue weighted by molar-refractivity contribution is -0.123. The van der Waals surface area contributed by atoms with Gasteiger partial charge in [-0.2, -0.15) is 0 Å². The smallest absolute Gasteiger partial charge is 0.258 e. The van der Waals surface area contributed by atoms with Gasteiger partial charge in [-0.1, -0.05) is 6.07 Å². The van der Waals surface area contributed by atoms with Crippen molar-refractivity contribution in [3.8, 4) is 11.5 Å². The highest BCUT2D eigenvalue weighted by Crippen LogP contribution is 2.31.